The van der Waals surface area contributed by atoms with Crippen LogP contribution in [-0.4, -0.2) is 46.4 Å². The van der Waals surface area contributed by atoms with Crippen molar-refractivity contribution in [2.45, 2.75) is 5.16 Å². The maximum atomic E-state index is 12.5. The highest BCUT2D eigenvalue weighted by Crippen LogP contribution is 2.21. The molecule has 1 amide bonds. The molecule has 122 valence electrons. The van der Waals surface area contributed by atoms with Gasteiger partial charge in [0.15, 0.2) is 10.9 Å². The van der Waals surface area contributed by atoms with Crippen LogP contribution in [0.25, 0.3) is 11.0 Å². The number of fused-ring (bicyclic) bond motifs is 1. The first-order valence-corrected chi connectivity index (χ1v) is 8.45. The summed E-state index contributed by atoms with van der Waals surface area (Å²) in [5.41, 5.74) is 2.83. The Labute approximate surface area is 144 Å². The van der Waals surface area contributed by atoms with Gasteiger partial charge in [-0.1, -0.05) is 42.1 Å². The number of carbonyl (C=O) groups is 2. The Balaban J connectivity index is 1.81. The number of nitrogens with zero attached hydrogens (tertiary/aromatic N) is 2. The third-order valence-corrected chi connectivity index (χ3v) is 4.45. The van der Waals surface area contributed by atoms with E-state index in [4.69, 9.17) is 0 Å². The Morgan fingerprint density at radius 1 is 1.08 bits per heavy atom. The van der Waals surface area contributed by atoms with E-state index in [0.717, 1.165) is 11.0 Å². The Morgan fingerprint density at radius 2 is 1.83 bits per heavy atom. The summed E-state index contributed by atoms with van der Waals surface area (Å²) in [5, 5.41) is 0.671. The van der Waals surface area contributed by atoms with Crippen molar-refractivity contribution < 1.29 is 9.59 Å². The fourth-order valence-electron chi connectivity index (χ4n) is 2.21. The van der Waals surface area contributed by atoms with Crippen LogP contribution in [0, 0.1) is 0 Å². The Morgan fingerprint density at radius 3 is 2.54 bits per heavy atom. The Kier molecular flexibility index (Phi) is 4.66. The summed E-state index contributed by atoms with van der Waals surface area (Å²) in [4.78, 5) is 33.3. The van der Waals surface area contributed by atoms with Gasteiger partial charge in [0.2, 0.25) is 5.91 Å². The van der Waals surface area contributed by atoms with Crippen LogP contribution in [0.4, 0.5) is 0 Å². The van der Waals surface area contributed by atoms with Gasteiger partial charge in [-0.3, -0.25) is 9.59 Å². The number of aromatic amines is 1. The number of ketones is 1. The van der Waals surface area contributed by atoms with Crippen molar-refractivity contribution in [1.82, 2.24) is 14.9 Å². The van der Waals surface area contributed by atoms with Crippen LogP contribution in [0.2, 0.25) is 0 Å². The highest BCUT2D eigenvalue weighted by Gasteiger charge is 2.12. The second-order valence-corrected chi connectivity index (χ2v) is 6.51. The SMILES string of the molecule is CN(C)C(=O)CSc1nc2ccc(C(=O)c3ccccc3)cc2[nH]1. The largest absolute Gasteiger partial charge is 0.348 e. The zero-order chi connectivity index (χ0) is 17.1. The van der Waals surface area contributed by atoms with Gasteiger partial charge in [-0.05, 0) is 18.2 Å². The molecular formula is C18H17N3O2S. The third kappa shape index (κ3) is 3.49. The zero-order valence-corrected chi connectivity index (χ0v) is 14.3. The highest BCUT2D eigenvalue weighted by molar-refractivity contribution is 7.99. The van der Waals surface area contributed by atoms with E-state index in [2.05, 4.69) is 9.97 Å². The minimum Gasteiger partial charge on any atom is -0.348 e. The van der Waals surface area contributed by atoms with Crippen molar-refractivity contribution in [3.63, 3.8) is 0 Å². The van der Waals surface area contributed by atoms with E-state index in [-0.39, 0.29) is 11.7 Å². The number of carbonyl (C=O) groups excluding carboxylic acids is 2. The summed E-state index contributed by atoms with van der Waals surface area (Å²) in [6.07, 6.45) is 0. The molecule has 5 nitrogen and oxygen atoms in total. The first-order chi connectivity index (χ1) is 11.5. The second-order valence-electron chi connectivity index (χ2n) is 5.55. The molecule has 6 heteroatoms. The Bertz CT molecular complexity index is 888. The summed E-state index contributed by atoms with van der Waals surface area (Å²) in [6, 6.07) is 14.6. The number of rotatable bonds is 5. The lowest BCUT2D eigenvalue weighted by molar-refractivity contribution is -0.125. The molecule has 1 aromatic heterocycles. The van der Waals surface area contributed by atoms with E-state index in [1.165, 1.54) is 11.8 Å². The summed E-state index contributed by atoms with van der Waals surface area (Å²) >= 11 is 1.35. The zero-order valence-electron chi connectivity index (χ0n) is 13.4. The number of imidazole rings is 1. The topological polar surface area (TPSA) is 66.1 Å². The minimum absolute atomic E-state index is 0.0240. The summed E-state index contributed by atoms with van der Waals surface area (Å²) < 4.78 is 0. The van der Waals surface area contributed by atoms with Crippen molar-refractivity contribution in [2.24, 2.45) is 0 Å². The van der Waals surface area contributed by atoms with Crippen LogP contribution in [0.1, 0.15) is 15.9 Å². The van der Waals surface area contributed by atoms with Gasteiger partial charge in [0, 0.05) is 25.2 Å². The van der Waals surface area contributed by atoms with Crippen LogP contribution in [0.3, 0.4) is 0 Å². The molecule has 0 atom stereocenters. The van der Waals surface area contributed by atoms with Gasteiger partial charge in [-0.25, -0.2) is 4.98 Å². The van der Waals surface area contributed by atoms with Crippen molar-refractivity contribution in [2.75, 3.05) is 19.8 Å². The fraction of sp³-hybridized carbons (Fsp3) is 0.167. The molecule has 3 rings (SSSR count). The number of amides is 1. The number of thioether (sulfide) groups is 1. The molecule has 0 saturated heterocycles. The van der Waals surface area contributed by atoms with E-state index in [1.54, 1.807) is 43.3 Å². The number of aromatic nitrogens is 2. The fourth-order valence-corrected chi connectivity index (χ4v) is 3.07. The van der Waals surface area contributed by atoms with Gasteiger partial charge < -0.3 is 9.88 Å². The number of benzene rings is 2. The van der Waals surface area contributed by atoms with E-state index in [0.29, 0.717) is 22.0 Å². The molecule has 0 radical (unpaired) electrons. The molecule has 0 aliphatic rings. The first kappa shape index (κ1) is 16.3. The maximum absolute atomic E-state index is 12.5. The summed E-state index contributed by atoms with van der Waals surface area (Å²) in [6.45, 7) is 0. The predicted molar refractivity (Wildman–Crippen MR) is 95.4 cm³/mol. The maximum Gasteiger partial charge on any atom is 0.232 e. The quantitative estimate of drug-likeness (QED) is 0.573. The lowest BCUT2D eigenvalue weighted by atomic mass is 10.0. The molecular weight excluding hydrogens is 322 g/mol. The second kappa shape index (κ2) is 6.88. The van der Waals surface area contributed by atoms with E-state index < -0.39 is 0 Å². The van der Waals surface area contributed by atoms with Crippen molar-refractivity contribution in [3.8, 4) is 0 Å². The average Bonchev–Trinajstić information content (AvgIpc) is 3.01. The third-order valence-electron chi connectivity index (χ3n) is 3.59. The lowest BCUT2D eigenvalue weighted by Gasteiger charge is -2.08. The minimum atomic E-state index is -0.0240. The van der Waals surface area contributed by atoms with Gasteiger partial charge in [0.05, 0.1) is 16.8 Å². The molecule has 0 aliphatic carbocycles. The van der Waals surface area contributed by atoms with E-state index in [9.17, 15) is 9.59 Å². The number of hydrogen-bond acceptors (Lipinski definition) is 4. The van der Waals surface area contributed by atoms with Gasteiger partial charge in [-0.15, -0.1) is 0 Å². The van der Waals surface area contributed by atoms with Crippen LogP contribution in [0.15, 0.2) is 53.7 Å². The summed E-state index contributed by atoms with van der Waals surface area (Å²) in [5.74, 6) is 0.326. The van der Waals surface area contributed by atoms with Gasteiger partial charge in [0.1, 0.15) is 0 Å². The molecule has 1 heterocycles. The molecule has 0 saturated carbocycles. The van der Waals surface area contributed by atoms with Crippen LogP contribution < -0.4 is 0 Å². The van der Waals surface area contributed by atoms with Crippen LogP contribution in [0.5, 0.6) is 0 Å². The van der Waals surface area contributed by atoms with Crippen LogP contribution >= 0.6 is 11.8 Å². The van der Waals surface area contributed by atoms with Crippen molar-refractivity contribution in [3.05, 3.63) is 59.7 Å². The predicted octanol–water partition coefficient (Wildman–Crippen LogP) is 2.97. The van der Waals surface area contributed by atoms with Crippen molar-refractivity contribution in [1.29, 1.82) is 0 Å². The molecule has 0 aliphatic heterocycles. The molecule has 0 unspecified atom stereocenters. The molecule has 24 heavy (non-hydrogen) atoms. The smallest absolute Gasteiger partial charge is 0.232 e. The molecule has 2 aromatic carbocycles. The molecule has 1 N–H and O–H groups in total. The molecule has 0 bridgehead atoms. The molecule has 0 fully saturated rings. The average molecular weight is 339 g/mol. The number of H-pyrrole nitrogens is 1. The van der Waals surface area contributed by atoms with Gasteiger partial charge in [0.25, 0.3) is 0 Å². The first-order valence-electron chi connectivity index (χ1n) is 7.47. The molecule has 0 spiro atoms. The van der Waals surface area contributed by atoms with Crippen molar-refractivity contribution >= 4 is 34.5 Å². The van der Waals surface area contributed by atoms with E-state index in [1.807, 2.05) is 24.3 Å². The molecule has 3 aromatic rings. The monoisotopic (exact) mass is 339 g/mol. The highest BCUT2D eigenvalue weighted by atomic mass is 32.2. The summed E-state index contributed by atoms with van der Waals surface area (Å²) in [7, 11) is 3.45. The van der Waals surface area contributed by atoms with Crippen LogP contribution in [-0.2, 0) is 4.79 Å². The van der Waals surface area contributed by atoms with E-state index >= 15 is 0 Å². The lowest BCUT2D eigenvalue weighted by Crippen LogP contribution is -2.23. The number of nitrogens with one attached hydrogen (secondary N) is 1. The number of hydrogen-bond donors (Lipinski definition) is 1. The van der Waals surface area contributed by atoms with Gasteiger partial charge >= 0.3 is 0 Å². The van der Waals surface area contributed by atoms with Gasteiger partial charge in [-0.2, -0.15) is 0 Å². The standard InChI is InChI=1S/C18H17N3O2S/c1-21(2)16(22)11-24-18-19-14-9-8-13(10-15(14)20-18)17(23)12-6-4-3-5-7-12/h3-10H,11H2,1-2H3,(H,19,20). The Hall–Kier alpha value is -2.60. The normalized spacial score (nSPS) is 10.8.